The third-order valence-corrected chi connectivity index (χ3v) is 3.29. The molecule has 1 aromatic rings. The highest BCUT2D eigenvalue weighted by molar-refractivity contribution is 5.36. The van der Waals surface area contributed by atoms with Gasteiger partial charge in [0, 0.05) is 20.2 Å². The second kappa shape index (κ2) is 3.93. The Morgan fingerprint density at radius 1 is 1.50 bits per heavy atom. The average molecular weight is 223 g/mol. The van der Waals surface area contributed by atoms with Crippen LogP contribution in [0.25, 0.3) is 0 Å². The maximum Gasteiger partial charge on any atom is 0.243 e. The molecule has 88 valence electrons. The molecule has 3 rings (SSSR count). The monoisotopic (exact) mass is 223 g/mol. The van der Waals surface area contributed by atoms with Gasteiger partial charge in [-0.3, -0.25) is 0 Å². The van der Waals surface area contributed by atoms with Crippen LogP contribution in [0.3, 0.4) is 0 Å². The predicted molar refractivity (Wildman–Crippen MR) is 60.7 cm³/mol. The normalized spacial score (nSPS) is 28.6. The van der Waals surface area contributed by atoms with Crippen LogP contribution in [0.2, 0.25) is 0 Å². The quantitative estimate of drug-likeness (QED) is 0.778. The maximum absolute atomic E-state index is 5.76. The molecule has 0 spiro atoms. The summed E-state index contributed by atoms with van der Waals surface area (Å²) >= 11 is 0. The number of anilines is 2. The lowest BCUT2D eigenvalue weighted by Gasteiger charge is -2.28. The van der Waals surface area contributed by atoms with Gasteiger partial charge in [-0.1, -0.05) is 0 Å². The molecule has 0 bridgehead atoms. The Bertz CT molecular complexity index is 371. The van der Waals surface area contributed by atoms with E-state index in [1.807, 2.05) is 11.7 Å². The first kappa shape index (κ1) is 9.89. The molecule has 3 heterocycles. The Hall–Kier alpha value is -1.30. The van der Waals surface area contributed by atoms with Gasteiger partial charge in [-0.2, -0.15) is 4.98 Å². The summed E-state index contributed by atoms with van der Waals surface area (Å²) in [6, 6.07) is 0.341. The van der Waals surface area contributed by atoms with Gasteiger partial charge >= 0.3 is 0 Å². The molecule has 6 heteroatoms. The molecule has 0 aliphatic carbocycles. The van der Waals surface area contributed by atoms with E-state index in [-0.39, 0.29) is 0 Å². The molecule has 16 heavy (non-hydrogen) atoms. The standard InChI is InChI=1S/C10H17N5O/c1-11-9-13-10-12-5-4-7(15(10)14-9)8-3-2-6-16-8/h7-8H,2-6H2,1H3,(H2,11,12,13,14). The lowest BCUT2D eigenvalue weighted by atomic mass is 10.0. The highest BCUT2D eigenvalue weighted by Crippen LogP contribution is 2.31. The molecule has 2 N–H and O–H groups in total. The van der Waals surface area contributed by atoms with Crippen LogP contribution in [0.5, 0.6) is 0 Å². The largest absolute Gasteiger partial charge is 0.376 e. The molecule has 2 aliphatic heterocycles. The van der Waals surface area contributed by atoms with Gasteiger partial charge in [-0.05, 0) is 19.3 Å². The van der Waals surface area contributed by atoms with E-state index >= 15 is 0 Å². The summed E-state index contributed by atoms with van der Waals surface area (Å²) in [6.45, 7) is 1.84. The van der Waals surface area contributed by atoms with E-state index < -0.39 is 0 Å². The van der Waals surface area contributed by atoms with Gasteiger partial charge in [-0.25, -0.2) is 4.68 Å². The zero-order chi connectivity index (χ0) is 11.0. The van der Waals surface area contributed by atoms with Crippen molar-refractivity contribution in [3.63, 3.8) is 0 Å². The lowest BCUT2D eigenvalue weighted by Crippen LogP contribution is -2.32. The number of ether oxygens (including phenoxy) is 1. The Kier molecular flexibility index (Phi) is 2.43. The fraction of sp³-hybridized carbons (Fsp3) is 0.800. The molecule has 0 aromatic carbocycles. The fourth-order valence-corrected chi connectivity index (χ4v) is 2.48. The molecule has 0 amide bonds. The van der Waals surface area contributed by atoms with E-state index in [1.165, 1.54) is 0 Å². The molecular formula is C10H17N5O. The summed E-state index contributed by atoms with van der Waals surface area (Å²) in [5.41, 5.74) is 0. The average Bonchev–Trinajstić information content (AvgIpc) is 2.97. The molecular weight excluding hydrogens is 206 g/mol. The Morgan fingerprint density at radius 3 is 3.19 bits per heavy atom. The van der Waals surface area contributed by atoms with E-state index in [0.717, 1.165) is 38.4 Å². The third-order valence-electron chi connectivity index (χ3n) is 3.29. The molecule has 2 aliphatic rings. The first-order valence-corrected chi connectivity index (χ1v) is 5.88. The van der Waals surface area contributed by atoms with E-state index in [1.54, 1.807) is 0 Å². The van der Waals surface area contributed by atoms with Crippen LogP contribution in [-0.2, 0) is 4.74 Å². The van der Waals surface area contributed by atoms with Crippen molar-refractivity contribution in [1.29, 1.82) is 0 Å². The van der Waals surface area contributed by atoms with Gasteiger partial charge in [0.05, 0.1) is 12.1 Å². The Labute approximate surface area is 94.4 Å². The summed E-state index contributed by atoms with van der Waals surface area (Å²) < 4.78 is 7.73. The van der Waals surface area contributed by atoms with Crippen molar-refractivity contribution in [3.8, 4) is 0 Å². The van der Waals surface area contributed by atoms with E-state index in [4.69, 9.17) is 4.74 Å². The SMILES string of the molecule is CNc1nc2n(n1)C(C1CCCO1)CCN2. The van der Waals surface area contributed by atoms with Gasteiger partial charge in [0.15, 0.2) is 0 Å². The van der Waals surface area contributed by atoms with Gasteiger partial charge in [0.1, 0.15) is 0 Å². The van der Waals surface area contributed by atoms with Crippen LogP contribution in [0, 0.1) is 0 Å². The van der Waals surface area contributed by atoms with E-state index in [0.29, 0.717) is 18.1 Å². The van der Waals surface area contributed by atoms with Crippen LogP contribution in [0.15, 0.2) is 0 Å². The third kappa shape index (κ3) is 1.53. The Balaban J connectivity index is 1.89. The summed E-state index contributed by atoms with van der Waals surface area (Å²) in [4.78, 5) is 4.36. The topological polar surface area (TPSA) is 64.0 Å². The smallest absolute Gasteiger partial charge is 0.243 e. The second-order valence-corrected chi connectivity index (χ2v) is 4.29. The minimum atomic E-state index is 0.312. The first-order chi connectivity index (χ1) is 7.88. The Morgan fingerprint density at radius 2 is 2.44 bits per heavy atom. The minimum absolute atomic E-state index is 0.312. The predicted octanol–water partition coefficient (Wildman–Crippen LogP) is 0.855. The number of aromatic nitrogens is 3. The molecule has 1 fully saturated rings. The highest BCUT2D eigenvalue weighted by atomic mass is 16.5. The van der Waals surface area contributed by atoms with E-state index in [9.17, 15) is 0 Å². The maximum atomic E-state index is 5.76. The van der Waals surface area contributed by atoms with Gasteiger partial charge in [-0.15, -0.1) is 5.10 Å². The molecule has 0 radical (unpaired) electrons. The van der Waals surface area contributed by atoms with Gasteiger partial charge in [0.2, 0.25) is 11.9 Å². The van der Waals surface area contributed by atoms with Crippen molar-refractivity contribution in [2.45, 2.75) is 31.4 Å². The molecule has 2 atom stereocenters. The zero-order valence-corrected chi connectivity index (χ0v) is 9.44. The summed E-state index contributed by atoms with van der Waals surface area (Å²) in [6.07, 6.45) is 3.67. The van der Waals surface area contributed by atoms with Crippen LogP contribution in [0.4, 0.5) is 11.9 Å². The summed E-state index contributed by atoms with van der Waals surface area (Å²) in [7, 11) is 1.84. The van der Waals surface area contributed by atoms with Crippen LogP contribution >= 0.6 is 0 Å². The molecule has 1 aromatic heterocycles. The lowest BCUT2D eigenvalue weighted by molar-refractivity contribution is 0.0591. The number of rotatable bonds is 2. The summed E-state index contributed by atoms with van der Waals surface area (Å²) in [5.74, 6) is 1.53. The van der Waals surface area contributed by atoms with Crippen molar-refractivity contribution in [2.24, 2.45) is 0 Å². The van der Waals surface area contributed by atoms with Crippen LogP contribution < -0.4 is 10.6 Å². The van der Waals surface area contributed by atoms with Gasteiger partial charge in [0.25, 0.3) is 0 Å². The van der Waals surface area contributed by atoms with Crippen molar-refractivity contribution in [1.82, 2.24) is 14.8 Å². The zero-order valence-electron chi connectivity index (χ0n) is 9.44. The first-order valence-electron chi connectivity index (χ1n) is 5.88. The van der Waals surface area contributed by atoms with Crippen molar-refractivity contribution in [2.75, 3.05) is 30.8 Å². The van der Waals surface area contributed by atoms with Crippen molar-refractivity contribution < 1.29 is 4.74 Å². The second-order valence-electron chi connectivity index (χ2n) is 4.29. The minimum Gasteiger partial charge on any atom is -0.376 e. The number of fused-ring (bicyclic) bond motifs is 1. The van der Waals surface area contributed by atoms with Crippen LogP contribution in [0.1, 0.15) is 25.3 Å². The number of hydrogen-bond acceptors (Lipinski definition) is 5. The number of nitrogens with one attached hydrogen (secondary N) is 2. The fourth-order valence-electron chi connectivity index (χ4n) is 2.48. The molecule has 0 saturated carbocycles. The van der Waals surface area contributed by atoms with Crippen molar-refractivity contribution in [3.05, 3.63) is 0 Å². The number of nitrogens with zero attached hydrogens (tertiary/aromatic N) is 3. The van der Waals surface area contributed by atoms with E-state index in [2.05, 4.69) is 20.7 Å². The molecule has 2 unspecified atom stereocenters. The van der Waals surface area contributed by atoms with Gasteiger partial charge < -0.3 is 15.4 Å². The molecule has 1 saturated heterocycles. The highest BCUT2D eigenvalue weighted by Gasteiger charge is 2.32. The van der Waals surface area contributed by atoms with Crippen molar-refractivity contribution >= 4 is 11.9 Å². The number of hydrogen-bond donors (Lipinski definition) is 2. The van der Waals surface area contributed by atoms with Crippen LogP contribution in [-0.4, -0.2) is 41.1 Å². The summed E-state index contributed by atoms with van der Waals surface area (Å²) in [5, 5.41) is 10.7. The molecule has 6 nitrogen and oxygen atoms in total.